The summed E-state index contributed by atoms with van der Waals surface area (Å²) in [6.07, 6.45) is 4.87. The quantitative estimate of drug-likeness (QED) is 0.169. The molecule has 2 aromatic carbocycles. The molecule has 10 nitrogen and oxygen atoms in total. The van der Waals surface area contributed by atoms with Crippen molar-refractivity contribution in [3.8, 4) is 11.5 Å². The van der Waals surface area contributed by atoms with E-state index < -0.39 is 0 Å². The van der Waals surface area contributed by atoms with Gasteiger partial charge in [0.05, 0.1) is 28.7 Å². The zero-order valence-electron chi connectivity index (χ0n) is 22.7. The third-order valence-electron chi connectivity index (χ3n) is 6.16. The Morgan fingerprint density at radius 3 is 2.48 bits per heavy atom. The summed E-state index contributed by atoms with van der Waals surface area (Å²) in [6.45, 7) is 5.19. The number of nitrogens with zero attached hydrogens (tertiary/aromatic N) is 2. The number of halogens is 1. The number of aliphatic hydroxyl groups excluding tert-OH is 1. The number of anilines is 5. The molecule has 3 amide bonds. The van der Waals surface area contributed by atoms with Crippen molar-refractivity contribution in [1.29, 1.82) is 0 Å². The van der Waals surface area contributed by atoms with Gasteiger partial charge in [-0.05, 0) is 55.7 Å². The molecule has 1 saturated carbocycles. The van der Waals surface area contributed by atoms with Crippen molar-refractivity contribution in [2.75, 3.05) is 40.5 Å². The monoisotopic (exact) mass is 566 g/mol. The van der Waals surface area contributed by atoms with E-state index in [4.69, 9.17) is 16.3 Å². The number of nitrogens with one attached hydrogen (secondary N) is 4. The van der Waals surface area contributed by atoms with Crippen LogP contribution < -0.4 is 30.9 Å². The minimum absolute atomic E-state index is 0.0353. The van der Waals surface area contributed by atoms with Crippen molar-refractivity contribution in [2.24, 2.45) is 0 Å². The van der Waals surface area contributed by atoms with Crippen LogP contribution in [-0.4, -0.2) is 47.8 Å². The number of benzene rings is 2. The van der Waals surface area contributed by atoms with Gasteiger partial charge in [0, 0.05) is 49.6 Å². The number of aliphatic hydroxyl groups is 1. The standard InChI is InChI=1S/C29H35ClN6O4/c1-3-13-36(14-15-37)20-7-9-25(26(16-20)34-28(38)4-2)33-27-18-22(11-12-31-27)40-21-8-10-24(23(30)17-21)35-29(39)32-19-5-6-19/h7-12,16-19,37H,3-6,13-15H2,1-2H3,(H,31,33)(H,34,38)(H2,32,35,39). The Labute approximate surface area is 239 Å². The van der Waals surface area contributed by atoms with Crippen molar-refractivity contribution < 1.29 is 19.4 Å². The second kappa shape index (κ2) is 13.9. The highest BCUT2D eigenvalue weighted by Crippen LogP contribution is 2.33. The van der Waals surface area contributed by atoms with Gasteiger partial charge in [-0.25, -0.2) is 9.78 Å². The van der Waals surface area contributed by atoms with Gasteiger partial charge in [0.1, 0.15) is 17.3 Å². The normalized spacial score (nSPS) is 12.4. The van der Waals surface area contributed by atoms with E-state index in [-0.39, 0.29) is 24.6 Å². The number of urea groups is 1. The summed E-state index contributed by atoms with van der Waals surface area (Å²) in [7, 11) is 0. The average Bonchev–Trinajstić information content (AvgIpc) is 3.75. The van der Waals surface area contributed by atoms with E-state index in [0.717, 1.165) is 31.5 Å². The van der Waals surface area contributed by atoms with Gasteiger partial charge in [-0.1, -0.05) is 25.4 Å². The molecule has 3 aromatic rings. The molecule has 1 aromatic heterocycles. The minimum atomic E-state index is -0.281. The smallest absolute Gasteiger partial charge is 0.319 e. The summed E-state index contributed by atoms with van der Waals surface area (Å²) in [4.78, 5) is 30.8. The van der Waals surface area contributed by atoms with E-state index in [1.807, 2.05) is 18.2 Å². The number of carbonyl (C=O) groups is 2. The molecule has 11 heteroatoms. The molecular formula is C29H35ClN6O4. The molecule has 0 bridgehead atoms. The molecule has 40 heavy (non-hydrogen) atoms. The summed E-state index contributed by atoms with van der Waals surface area (Å²) < 4.78 is 6.00. The topological polar surface area (TPSA) is 128 Å². The minimum Gasteiger partial charge on any atom is -0.457 e. The van der Waals surface area contributed by atoms with E-state index in [1.165, 1.54) is 0 Å². The van der Waals surface area contributed by atoms with Gasteiger partial charge in [0.25, 0.3) is 0 Å². The maximum absolute atomic E-state index is 12.3. The molecule has 5 N–H and O–H groups in total. The predicted octanol–water partition coefficient (Wildman–Crippen LogP) is 6.11. The maximum atomic E-state index is 12.3. The summed E-state index contributed by atoms with van der Waals surface area (Å²) in [5, 5.41) is 21.7. The molecule has 1 aliphatic carbocycles. The van der Waals surface area contributed by atoms with Crippen LogP contribution in [0.2, 0.25) is 5.02 Å². The number of amides is 3. The fourth-order valence-electron chi connectivity index (χ4n) is 3.99. The first-order valence-electron chi connectivity index (χ1n) is 13.5. The van der Waals surface area contributed by atoms with Gasteiger partial charge in [0.15, 0.2) is 0 Å². The van der Waals surface area contributed by atoms with Crippen LogP contribution in [0, 0.1) is 0 Å². The Morgan fingerprint density at radius 2 is 1.77 bits per heavy atom. The van der Waals surface area contributed by atoms with E-state index >= 15 is 0 Å². The van der Waals surface area contributed by atoms with Gasteiger partial charge < -0.3 is 36.0 Å². The third-order valence-corrected chi connectivity index (χ3v) is 6.47. The van der Waals surface area contributed by atoms with E-state index in [9.17, 15) is 14.7 Å². The molecule has 0 spiro atoms. The number of ether oxygens (including phenoxy) is 1. The maximum Gasteiger partial charge on any atom is 0.319 e. The second-order valence-electron chi connectivity index (χ2n) is 9.46. The molecular weight excluding hydrogens is 532 g/mol. The Kier molecular flexibility index (Phi) is 10.0. The molecule has 212 valence electrons. The van der Waals surface area contributed by atoms with E-state index in [0.29, 0.717) is 52.4 Å². The lowest BCUT2D eigenvalue weighted by molar-refractivity contribution is -0.115. The highest BCUT2D eigenvalue weighted by atomic mass is 35.5. The third kappa shape index (κ3) is 8.24. The van der Waals surface area contributed by atoms with Gasteiger partial charge in [0.2, 0.25) is 5.91 Å². The van der Waals surface area contributed by atoms with Crippen molar-refractivity contribution in [2.45, 2.75) is 45.6 Å². The van der Waals surface area contributed by atoms with Crippen molar-refractivity contribution >= 4 is 52.1 Å². The summed E-state index contributed by atoms with van der Waals surface area (Å²) >= 11 is 6.38. The lowest BCUT2D eigenvalue weighted by Crippen LogP contribution is -2.30. The first-order chi connectivity index (χ1) is 19.4. The number of hydrogen-bond acceptors (Lipinski definition) is 7. The first kappa shape index (κ1) is 29.0. The van der Waals surface area contributed by atoms with Crippen LogP contribution in [0.25, 0.3) is 0 Å². The molecule has 0 unspecified atom stereocenters. The zero-order valence-corrected chi connectivity index (χ0v) is 23.4. The molecule has 1 aliphatic rings. The van der Waals surface area contributed by atoms with Gasteiger partial charge in [-0.15, -0.1) is 0 Å². The molecule has 1 fully saturated rings. The lowest BCUT2D eigenvalue weighted by Gasteiger charge is -2.25. The number of carbonyl (C=O) groups excluding carboxylic acids is 2. The van der Waals surface area contributed by atoms with Gasteiger partial charge in [-0.2, -0.15) is 0 Å². The Bertz CT molecular complexity index is 1330. The Morgan fingerprint density at radius 1 is 1.00 bits per heavy atom. The second-order valence-corrected chi connectivity index (χ2v) is 9.87. The number of aromatic nitrogens is 1. The number of pyridine rings is 1. The number of hydrogen-bond donors (Lipinski definition) is 5. The zero-order chi connectivity index (χ0) is 28.5. The molecule has 0 aliphatic heterocycles. The molecule has 0 atom stereocenters. The van der Waals surface area contributed by atoms with Gasteiger partial charge in [-0.3, -0.25) is 4.79 Å². The van der Waals surface area contributed by atoms with Crippen LogP contribution in [0.5, 0.6) is 11.5 Å². The molecule has 0 saturated heterocycles. The van der Waals surface area contributed by atoms with Crippen LogP contribution in [-0.2, 0) is 4.79 Å². The van der Waals surface area contributed by atoms with E-state index in [2.05, 4.69) is 38.1 Å². The van der Waals surface area contributed by atoms with Crippen LogP contribution in [0.15, 0.2) is 54.7 Å². The predicted molar refractivity (Wildman–Crippen MR) is 159 cm³/mol. The van der Waals surface area contributed by atoms with Crippen LogP contribution in [0.4, 0.5) is 33.4 Å². The molecule has 0 radical (unpaired) electrons. The average molecular weight is 567 g/mol. The summed E-state index contributed by atoms with van der Waals surface area (Å²) in [5.41, 5.74) is 2.67. The highest BCUT2D eigenvalue weighted by molar-refractivity contribution is 6.33. The van der Waals surface area contributed by atoms with Crippen LogP contribution in [0.1, 0.15) is 39.5 Å². The van der Waals surface area contributed by atoms with Crippen LogP contribution >= 0.6 is 11.6 Å². The Hall–Kier alpha value is -4.02. The first-order valence-corrected chi connectivity index (χ1v) is 13.8. The summed E-state index contributed by atoms with van der Waals surface area (Å²) in [5.74, 6) is 1.41. The Balaban J connectivity index is 1.48. The fourth-order valence-corrected chi connectivity index (χ4v) is 4.21. The SMILES string of the molecule is CCCN(CCO)c1ccc(Nc2cc(Oc3ccc(NC(=O)NC4CC4)c(Cl)c3)ccn2)c(NC(=O)CC)c1. The largest absolute Gasteiger partial charge is 0.457 e. The van der Waals surface area contributed by atoms with E-state index in [1.54, 1.807) is 43.5 Å². The van der Waals surface area contributed by atoms with Crippen molar-refractivity contribution in [3.63, 3.8) is 0 Å². The molecule has 1 heterocycles. The van der Waals surface area contributed by atoms with Crippen molar-refractivity contribution in [3.05, 3.63) is 59.8 Å². The fraction of sp³-hybridized carbons (Fsp3) is 0.345. The highest BCUT2D eigenvalue weighted by Gasteiger charge is 2.23. The number of rotatable bonds is 13. The van der Waals surface area contributed by atoms with Gasteiger partial charge >= 0.3 is 6.03 Å². The van der Waals surface area contributed by atoms with Crippen molar-refractivity contribution in [1.82, 2.24) is 10.3 Å². The summed E-state index contributed by atoms with van der Waals surface area (Å²) in [6, 6.07) is 14.2. The molecule has 4 rings (SSSR count). The lowest BCUT2D eigenvalue weighted by atomic mass is 10.2. The van der Waals surface area contributed by atoms with Crippen LogP contribution in [0.3, 0.4) is 0 Å².